The van der Waals surface area contributed by atoms with Gasteiger partial charge in [0, 0.05) is 17.3 Å². The van der Waals surface area contributed by atoms with Crippen molar-refractivity contribution < 1.29 is 4.74 Å². The maximum Gasteiger partial charge on any atom is 0.118 e. The van der Waals surface area contributed by atoms with Crippen molar-refractivity contribution in [3.63, 3.8) is 0 Å². The molecule has 1 saturated carbocycles. The third kappa shape index (κ3) is 5.55. The minimum Gasteiger partial charge on any atom is -0.497 e. The molecule has 2 nitrogen and oxygen atoms in total. The first-order valence-corrected chi connectivity index (χ1v) is 9.26. The van der Waals surface area contributed by atoms with E-state index in [1.165, 1.54) is 37.0 Å². The minimum absolute atomic E-state index is 0.600. The van der Waals surface area contributed by atoms with Crippen LogP contribution in [-0.4, -0.2) is 30.2 Å². The zero-order valence-corrected chi connectivity index (χ0v) is 14.4. The third-order valence-electron chi connectivity index (χ3n) is 4.33. The largest absolute Gasteiger partial charge is 0.497 e. The quantitative estimate of drug-likeness (QED) is 0.774. The zero-order chi connectivity index (χ0) is 15.1. The molecule has 2 rings (SSSR count). The second-order valence-corrected chi connectivity index (χ2v) is 7.62. The molecule has 3 atom stereocenters. The summed E-state index contributed by atoms with van der Waals surface area (Å²) in [5.74, 6) is 2.19. The highest BCUT2D eigenvalue weighted by molar-refractivity contribution is 7.99. The van der Waals surface area contributed by atoms with E-state index in [1.807, 2.05) is 0 Å². The van der Waals surface area contributed by atoms with Gasteiger partial charge in [0.25, 0.3) is 0 Å². The van der Waals surface area contributed by atoms with E-state index < -0.39 is 0 Å². The molecule has 1 aliphatic rings. The summed E-state index contributed by atoms with van der Waals surface area (Å²) in [5.41, 5.74) is 1.40. The lowest BCUT2D eigenvalue weighted by atomic mass is 10.1. The lowest BCUT2D eigenvalue weighted by Crippen LogP contribution is -2.35. The van der Waals surface area contributed by atoms with Crippen LogP contribution in [0.15, 0.2) is 24.3 Å². The second kappa shape index (κ2) is 8.70. The summed E-state index contributed by atoms with van der Waals surface area (Å²) in [6.45, 7) is 4.59. The summed E-state index contributed by atoms with van der Waals surface area (Å²) in [7, 11) is 1.71. The fraction of sp³-hybridized carbons (Fsp3) is 0.667. The summed E-state index contributed by atoms with van der Waals surface area (Å²) in [5, 5.41) is 4.71. The van der Waals surface area contributed by atoms with E-state index in [-0.39, 0.29) is 0 Å². The molecule has 1 fully saturated rings. The van der Waals surface area contributed by atoms with Gasteiger partial charge in [-0.1, -0.05) is 19.1 Å². The standard InChI is InChI=1S/C18H29NOS/c1-4-21-18-12-9-16(13-18)19-14(2)5-6-15-7-10-17(20-3)11-8-15/h7-8,10-11,14,16,18-19H,4-6,9,12-13H2,1-3H3. The molecular formula is C18H29NOS. The van der Waals surface area contributed by atoms with Gasteiger partial charge >= 0.3 is 0 Å². The monoisotopic (exact) mass is 307 g/mol. The molecule has 21 heavy (non-hydrogen) atoms. The minimum atomic E-state index is 0.600. The van der Waals surface area contributed by atoms with Crippen molar-refractivity contribution in [1.29, 1.82) is 0 Å². The molecule has 0 heterocycles. The van der Waals surface area contributed by atoms with Crippen molar-refractivity contribution in [3.05, 3.63) is 29.8 Å². The predicted octanol–water partition coefficient (Wildman–Crippen LogP) is 4.28. The lowest BCUT2D eigenvalue weighted by molar-refractivity contribution is 0.414. The maximum absolute atomic E-state index is 5.20. The van der Waals surface area contributed by atoms with Crippen LogP contribution in [0.1, 0.15) is 45.1 Å². The molecule has 0 aromatic heterocycles. The molecule has 1 N–H and O–H groups in total. The van der Waals surface area contributed by atoms with Crippen molar-refractivity contribution in [2.24, 2.45) is 0 Å². The number of aryl methyl sites for hydroxylation is 1. The van der Waals surface area contributed by atoms with Gasteiger partial charge in [0.2, 0.25) is 0 Å². The lowest BCUT2D eigenvalue weighted by Gasteiger charge is -2.19. The highest BCUT2D eigenvalue weighted by Gasteiger charge is 2.25. The van der Waals surface area contributed by atoms with Crippen molar-refractivity contribution in [2.45, 2.75) is 63.3 Å². The zero-order valence-electron chi connectivity index (χ0n) is 13.6. The Bertz CT molecular complexity index is 406. The van der Waals surface area contributed by atoms with Gasteiger partial charge in [-0.25, -0.2) is 0 Å². The average molecular weight is 308 g/mol. The van der Waals surface area contributed by atoms with E-state index in [2.05, 4.69) is 55.2 Å². The second-order valence-electron chi connectivity index (χ2n) is 6.04. The molecule has 1 aliphatic carbocycles. The van der Waals surface area contributed by atoms with Crippen LogP contribution >= 0.6 is 11.8 Å². The van der Waals surface area contributed by atoms with Crippen LogP contribution in [0.25, 0.3) is 0 Å². The molecule has 3 heteroatoms. The van der Waals surface area contributed by atoms with Crippen molar-refractivity contribution in [1.82, 2.24) is 5.32 Å². The molecule has 3 unspecified atom stereocenters. The van der Waals surface area contributed by atoms with Gasteiger partial charge in [0.1, 0.15) is 5.75 Å². The molecule has 0 amide bonds. The van der Waals surface area contributed by atoms with E-state index >= 15 is 0 Å². The summed E-state index contributed by atoms with van der Waals surface area (Å²) < 4.78 is 5.20. The van der Waals surface area contributed by atoms with Gasteiger partial charge in [0.15, 0.2) is 0 Å². The van der Waals surface area contributed by atoms with Gasteiger partial charge in [0.05, 0.1) is 7.11 Å². The number of methoxy groups -OCH3 is 1. The number of hydrogen-bond donors (Lipinski definition) is 1. The average Bonchev–Trinajstić information content (AvgIpc) is 2.93. The molecule has 0 aliphatic heterocycles. The number of benzene rings is 1. The normalized spacial score (nSPS) is 23.2. The first kappa shape index (κ1) is 16.7. The summed E-state index contributed by atoms with van der Waals surface area (Å²) in [6.07, 6.45) is 6.43. The van der Waals surface area contributed by atoms with Gasteiger partial charge in [-0.3, -0.25) is 0 Å². The molecular weight excluding hydrogens is 278 g/mol. The first-order chi connectivity index (χ1) is 10.2. The fourth-order valence-corrected chi connectivity index (χ4v) is 4.28. The van der Waals surface area contributed by atoms with E-state index in [1.54, 1.807) is 7.11 Å². The Balaban J connectivity index is 1.68. The van der Waals surface area contributed by atoms with E-state index in [0.717, 1.165) is 23.5 Å². The Morgan fingerprint density at radius 3 is 2.71 bits per heavy atom. The van der Waals surface area contributed by atoms with Crippen LogP contribution in [0.2, 0.25) is 0 Å². The van der Waals surface area contributed by atoms with Crippen LogP contribution in [0.5, 0.6) is 5.75 Å². The smallest absolute Gasteiger partial charge is 0.118 e. The van der Waals surface area contributed by atoms with Gasteiger partial charge < -0.3 is 10.1 Å². The van der Waals surface area contributed by atoms with Crippen molar-refractivity contribution in [2.75, 3.05) is 12.9 Å². The van der Waals surface area contributed by atoms with Crippen LogP contribution in [0.3, 0.4) is 0 Å². The predicted molar refractivity (Wildman–Crippen MR) is 93.5 cm³/mol. The molecule has 0 saturated heterocycles. The summed E-state index contributed by atoms with van der Waals surface area (Å²) in [6, 6.07) is 9.79. The van der Waals surface area contributed by atoms with Crippen LogP contribution < -0.4 is 10.1 Å². The molecule has 1 aromatic rings. The van der Waals surface area contributed by atoms with Crippen LogP contribution in [-0.2, 0) is 6.42 Å². The van der Waals surface area contributed by atoms with E-state index in [4.69, 9.17) is 4.74 Å². The fourth-order valence-electron chi connectivity index (χ4n) is 3.14. The van der Waals surface area contributed by atoms with Crippen molar-refractivity contribution in [3.8, 4) is 5.75 Å². The van der Waals surface area contributed by atoms with Crippen LogP contribution in [0, 0.1) is 0 Å². The maximum atomic E-state index is 5.20. The number of hydrogen-bond acceptors (Lipinski definition) is 3. The first-order valence-electron chi connectivity index (χ1n) is 8.21. The molecule has 118 valence electrons. The third-order valence-corrected chi connectivity index (χ3v) is 5.57. The Morgan fingerprint density at radius 2 is 2.05 bits per heavy atom. The molecule has 0 radical (unpaired) electrons. The number of rotatable bonds is 8. The van der Waals surface area contributed by atoms with E-state index in [9.17, 15) is 0 Å². The number of ether oxygens (including phenoxy) is 1. The summed E-state index contributed by atoms with van der Waals surface area (Å²) in [4.78, 5) is 0. The number of thioether (sulfide) groups is 1. The SMILES string of the molecule is CCSC1CCC(NC(C)CCc2ccc(OC)cc2)C1. The molecule has 1 aromatic carbocycles. The molecule has 0 spiro atoms. The Kier molecular flexibility index (Phi) is 6.91. The summed E-state index contributed by atoms with van der Waals surface area (Å²) >= 11 is 2.13. The van der Waals surface area contributed by atoms with Gasteiger partial charge in [-0.05, 0) is 62.5 Å². The number of nitrogens with one attached hydrogen (secondary N) is 1. The van der Waals surface area contributed by atoms with Gasteiger partial charge in [-0.15, -0.1) is 0 Å². The van der Waals surface area contributed by atoms with Crippen LogP contribution in [0.4, 0.5) is 0 Å². The molecule has 0 bridgehead atoms. The highest BCUT2D eigenvalue weighted by atomic mass is 32.2. The van der Waals surface area contributed by atoms with E-state index in [0.29, 0.717) is 6.04 Å². The Morgan fingerprint density at radius 1 is 1.29 bits per heavy atom. The van der Waals surface area contributed by atoms with Crippen molar-refractivity contribution >= 4 is 11.8 Å². The van der Waals surface area contributed by atoms with Gasteiger partial charge in [-0.2, -0.15) is 11.8 Å². The highest BCUT2D eigenvalue weighted by Crippen LogP contribution is 2.30. The Hall–Kier alpha value is -0.670. The topological polar surface area (TPSA) is 21.3 Å². The Labute approximate surface area is 134 Å².